The lowest BCUT2D eigenvalue weighted by Crippen LogP contribution is -2.48. The van der Waals surface area contributed by atoms with E-state index in [0.29, 0.717) is 15.4 Å². The van der Waals surface area contributed by atoms with Gasteiger partial charge in [-0.15, -0.1) is 0 Å². The Hall–Kier alpha value is -0.920. The molecule has 0 aliphatic carbocycles. The molecule has 0 aliphatic rings. The number of hydrogen-bond donors (Lipinski definition) is 3. The Bertz CT molecular complexity index is 530. The van der Waals surface area contributed by atoms with Crippen LogP contribution in [-0.4, -0.2) is 22.5 Å². The zero-order valence-corrected chi connectivity index (χ0v) is 13.6. The highest BCUT2D eigenvalue weighted by Gasteiger charge is 2.28. The number of aromatic carboxylic acids is 1. The first-order valence-corrected chi connectivity index (χ1v) is 7.10. The molecule has 104 valence electrons. The third kappa shape index (κ3) is 3.77. The molecule has 1 unspecified atom stereocenters. The molecule has 1 atom stereocenters. The Morgan fingerprint density at radius 1 is 1.42 bits per heavy atom. The lowest BCUT2D eigenvalue weighted by Gasteiger charge is -2.22. The van der Waals surface area contributed by atoms with E-state index >= 15 is 0 Å². The third-order valence-electron chi connectivity index (χ3n) is 2.78. The van der Waals surface area contributed by atoms with Crippen LogP contribution in [0.4, 0.5) is 5.69 Å². The second-order valence-electron chi connectivity index (χ2n) is 4.34. The second-order valence-corrected chi connectivity index (χ2v) is 6.11. The Morgan fingerprint density at radius 2 is 2.00 bits per heavy atom. The van der Waals surface area contributed by atoms with Crippen molar-refractivity contribution in [3.05, 3.63) is 26.6 Å². The van der Waals surface area contributed by atoms with Gasteiger partial charge in [0.15, 0.2) is 0 Å². The van der Waals surface area contributed by atoms with Gasteiger partial charge in [0.25, 0.3) is 0 Å². The highest BCUT2D eigenvalue weighted by atomic mass is 79.9. The fourth-order valence-corrected chi connectivity index (χ4v) is 2.61. The normalized spacial score (nSPS) is 13.7. The standard InChI is InChI=1S/C12H14Br2N2O3/c1-3-12(2,15)11(19)16-9-7(10(17)18)4-6(13)5-8(9)14/h4-5H,3,15H2,1-2H3,(H,16,19)(H,17,18). The fraction of sp³-hybridized carbons (Fsp3) is 0.333. The summed E-state index contributed by atoms with van der Waals surface area (Å²) in [5.74, 6) is -1.56. The molecule has 1 rings (SSSR count). The van der Waals surface area contributed by atoms with Crippen molar-refractivity contribution in [1.29, 1.82) is 0 Å². The molecular formula is C12H14Br2N2O3. The van der Waals surface area contributed by atoms with Crippen LogP contribution in [0.3, 0.4) is 0 Å². The lowest BCUT2D eigenvalue weighted by atomic mass is 9.99. The maximum absolute atomic E-state index is 12.0. The SMILES string of the molecule is CCC(C)(N)C(=O)Nc1c(Br)cc(Br)cc1C(=O)O. The van der Waals surface area contributed by atoms with Crippen LogP contribution in [0.1, 0.15) is 30.6 Å². The molecule has 0 radical (unpaired) electrons. The minimum Gasteiger partial charge on any atom is -0.478 e. The van der Waals surface area contributed by atoms with Crippen LogP contribution in [0.25, 0.3) is 0 Å². The average molecular weight is 394 g/mol. The number of carboxylic acid groups (broad SMARTS) is 1. The van der Waals surface area contributed by atoms with Gasteiger partial charge in [-0.1, -0.05) is 22.9 Å². The van der Waals surface area contributed by atoms with Gasteiger partial charge in [0.05, 0.1) is 16.8 Å². The first-order chi connectivity index (χ1) is 8.69. The quantitative estimate of drug-likeness (QED) is 0.733. The summed E-state index contributed by atoms with van der Waals surface area (Å²) in [6.07, 6.45) is 0.440. The molecule has 0 saturated heterocycles. The molecule has 1 aromatic rings. The van der Waals surface area contributed by atoms with Crippen molar-refractivity contribution in [2.45, 2.75) is 25.8 Å². The number of carbonyl (C=O) groups excluding carboxylic acids is 1. The zero-order chi connectivity index (χ0) is 14.8. The Morgan fingerprint density at radius 3 is 2.47 bits per heavy atom. The molecule has 0 saturated carbocycles. The second kappa shape index (κ2) is 6.02. The minimum atomic E-state index is -1.13. The summed E-state index contributed by atoms with van der Waals surface area (Å²) in [6.45, 7) is 3.38. The number of benzene rings is 1. The minimum absolute atomic E-state index is 0.0125. The molecule has 0 heterocycles. The monoisotopic (exact) mass is 392 g/mol. The molecule has 0 bridgehead atoms. The summed E-state index contributed by atoms with van der Waals surface area (Å²) in [7, 11) is 0. The van der Waals surface area contributed by atoms with Gasteiger partial charge in [-0.2, -0.15) is 0 Å². The average Bonchev–Trinajstić information content (AvgIpc) is 2.31. The van der Waals surface area contributed by atoms with E-state index in [-0.39, 0.29) is 11.3 Å². The van der Waals surface area contributed by atoms with E-state index < -0.39 is 17.4 Å². The first kappa shape index (κ1) is 16.1. The largest absolute Gasteiger partial charge is 0.478 e. The molecule has 0 spiro atoms. The Kier molecular flexibility index (Phi) is 5.11. The molecule has 1 amide bonds. The summed E-state index contributed by atoms with van der Waals surface area (Å²) in [6, 6.07) is 3.07. The van der Waals surface area contributed by atoms with Gasteiger partial charge in [-0.25, -0.2) is 4.79 Å². The third-order valence-corrected chi connectivity index (χ3v) is 3.86. The van der Waals surface area contributed by atoms with Crippen LogP contribution in [0, 0.1) is 0 Å². The summed E-state index contributed by atoms with van der Waals surface area (Å²) in [5, 5.41) is 11.7. The van der Waals surface area contributed by atoms with E-state index in [1.807, 2.05) is 0 Å². The van der Waals surface area contributed by atoms with Gasteiger partial charge >= 0.3 is 5.97 Å². The van der Waals surface area contributed by atoms with Crippen molar-refractivity contribution in [3.8, 4) is 0 Å². The molecular weight excluding hydrogens is 380 g/mol. The van der Waals surface area contributed by atoms with Crippen molar-refractivity contribution in [1.82, 2.24) is 0 Å². The van der Waals surface area contributed by atoms with Gasteiger partial charge in [0.1, 0.15) is 0 Å². The van der Waals surface area contributed by atoms with Crippen molar-refractivity contribution in [3.63, 3.8) is 0 Å². The lowest BCUT2D eigenvalue weighted by molar-refractivity contribution is -0.120. The van der Waals surface area contributed by atoms with Crippen LogP contribution in [0.15, 0.2) is 21.1 Å². The number of hydrogen-bond acceptors (Lipinski definition) is 3. The van der Waals surface area contributed by atoms with E-state index in [0.717, 1.165) is 0 Å². The molecule has 7 heteroatoms. The smallest absolute Gasteiger partial charge is 0.337 e. The highest BCUT2D eigenvalue weighted by Crippen LogP contribution is 2.31. The van der Waals surface area contributed by atoms with Crippen molar-refractivity contribution < 1.29 is 14.7 Å². The summed E-state index contributed by atoms with van der Waals surface area (Å²) >= 11 is 6.44. The van der Waals surface area contributed by atoms with E-state index in [2.05, 4.69) is 37.2 Å². The van der Waals surface area contributed by atoms with Crippen LogP contribution in [-0.2, 0) is 4.79 Å². The number of halogens is 2. The number of rotatable bonds is 4. The molecule has 19 heavy (non-hydrogen) atoms. The Labute approximate surface area is 127 Å². The summed E-state index contributed by atoms with van der Waals surface area (Å²) in [5.41, 5.74) is 4.96. The van der Waals surface area contributed by atoms with E-state index in [4.69, 9.17) is 10.8 Å². The summed E-state index contributed by atoms with van der Waals surface area (Å²) < 4.78 is 1.07. The van der Waals surface area contributed by atoms with Crippen molar-refractivity contribution in [2.24, 2.45) is 5.73 Å². The van der Waals surface area contributed by atoms with Crippen LogP contribution in [0.2, 0.25) is 0 Å². The van der Waals surface area contributed by atoms with Gasteiger partial charge in [0, 0.05) is 8.95 Å². The molecule has 1 aromatic carbocycles. The van der Waals surface area contributed by atoms with E-state index in [1.54, 1.807) is 19.9 Å². The number of nitrogens with two attached hydrogens (primary N) is 1. The van der Waals surface area contributed by atoms with Gasteiger partial charge < -0.3 is 16.2 Å². The summed E-state index contributed by atoms with van der Waals surface area (Å²) in [4.78, 5) is 23.2. The number of nitrogens with one attached hydrogen (secondary N) is 1. The maximum Gasteiger partial charge on any atom is 0.337 e. The highest BCUT2D eigenvalue weighted by molar-refractivity contribution is 9.11. The number of amides is 1. The van der Waals surface area contributed by atoms with Gasteiger partial charge in [-0.3, -0.25) is 4.79 Å². The van der Waals surface area contributed by atoms with Crippen LogP contribution >= 0.6 is 31.9 Å². The number of carboxylic acids is 1. The van der Waals surface area contributed by atoms with Crippen LogP contribution < -0.4 is 11.1 Å². The fourth-order valence-electron chi connectivity index (χ4n) is 1.29. The predicted molar refractivity (Wildman–Crippen MR) is 80.3 cm³/mol. The molecule has 5 nitrogen and oxygen atoms in total. The topological polar surface area (TPSA) is 92.4 Å². The van der Waals surface area contributed by atoms with E-state index in [9.17, 15) is 9.59 Å². The zero-order valence-electron chi connectivity index (χ0n) is 10.5. The molecule has 0 aliphatic heterocycles. The van der Waals surface area contributed by atoms with Crippen molar-refractivity contribution >= 4 is 49.4 Å². The molecule has 4 N–H and O–H groups in total. The van der Waals surface area contributed by atoms with Gasteiger partial charge in [0.2, 0.25) is 5.91 Å². The Balaban J connectivity index is 3.21. The predicted octanol–water partition coefficient (Wildman–Crippen LogP) is 2.98. The van der Waals surface area contributed by atoms with Gasteiger partial charge in [-0.05, 0) is 41.4 Å². The number of anilines is 1. The van der Waals surface area contributed by atoms with Crippen molar-refractivity contribution in [2.75, 3.05) is 5.32 Å². The molecule has 0 fully saturated rings. The molecule has 0 aromatic heterocycles. The number of carbonyl (C=O) groups is 2. The van der Waals surface area contributed by atoms with Crippen LogP contribution in [0.5, 0.6) is 0 Å². The maximum atomic E-state index is 12.0. The first-order valence-electron chi connectivity index (χ1n) is 5.51. The van der Waals surface area contributed by atoms with E-state index in [1.165, 1.54) is 6.07 Å².